The number of hydrogen-bond donors (Lipinski definition) is 1. The molecule has 1 aromatic rings. The average Bonchev–Trinajstić information content (AvgIpc) is 2.19. The summed E-state index contributed by atoms with van der Waals surface area (Å²) in [6.45, 7) is 11.3. The lowest BCUT2D eigenvalue weighted by Crippen LogP contribution is -2.17. The summed E-state index contributed by atoms with van der Waals surface area (Å²) < 4.78 is 14.0. The van der Waals surface area contributed by atoms with Gasteiger partial charge in [-0.3, -0.25) is 0 Å². The Morgan fingerprint density at radius 3 is 2.47 bits per heavy atom. The van der Waals surface area contributed by atoms with Crippen LogP contribution in [0.3, 0.4) is 0 Å². The molecular weight excluding hydrogens is 233 g/mol. The van der Waals surface area contributed by atoms with Crippen molar-refractivity contribution in [3.63, 3.8) is 0 Å². The van der Waals surface area contributed by atoms with Crippen LogP contribution in [0, 0.1) is 5.82 Å². The van der Waals surface area contributed by atoms with E-state index in [0.29, 0.717) is 0 Å². The van der Waals surface area contributed by atoms with Crippen LogP contribution in [0.4, 0.5) is 4.39 Å². The van der Waals surface area contributed by atoms with E-state index in [0.717, 1.165) is 17.0 Å². The van der Waals surface area contributed by atoms with Crippen molar-refractivity contribution < 1.29 is 4.39 Å². The summed E-state index contributed by atoms with van der Waals surface area (Å²) in [5.41, 5.74) is 1.00. The predicted octanol–water partition coefficient (Wildman–Crippen LogP) is 4.39. The molecule has 0 aliphatic carbocycles. The van der Waals surface area contributed by atoms with Gasteiger partial charge in [-0.1, -0.05) is 33.8 Å². The fourth-order valence-electron chi connectivity index (χ4n) is 1.62. The molecule has 0 spiro atoms. The third-order valence-corrected chi connectivity index (χ3v) is 3.55. The monoisotopic (exact) mass is 255 g/mol. The Kier molecular flexibility index (Phi) is 5.02. The molecule has 0 heterocycles. The highest BCUT2D eigenvalue weighted by atomic mass is 32.2. The van der Waals surface area contributed by atoms with Crippen LogP contribution < -0.4 is 5.32 Å². The molecule has 0 aromatic heterocycles. The van der Waals surface area contributed by atoms with Crippen molar-refractivity contribution in [1.29, 1.82) is 0 Å². The van der Waals surface area contributed by atoms with Gasteiger partial charge in [-0.25, -0.2) is 4.39 Å². The Balaban J connectivity index is 2.86. The summed E-state index contributed by atoms with van der Waals surface area (Å²) in [6.07, 6.45) is 0. The van der Waals surface area contributed by atoms with Gasteiger partial charge in [-0.2, -0.15) is 0 Å². The summed E-state index contributed by atoms with van der Waals surface area (Å²) in [4.78, 5) is 0.727. The van der Waals surface area contributed by atoms with E-state index in [1.54, 1.807) is 17.8 Å². The van der Waals surface area contributed by atoms with Gasteiger partial charge in [0.25, 0.3) is 0 Å². The van der Waals surface area contributed by atoms with E-state index in [-0.39, 0.29) is 16.6 Å². The van der Waals surface area contributed by atoms with Crippen molar-refractivity contribution in [3.05, 3.63) is 29.6 Å². The number of halogens is 1. The highest BCUT2D eigenvalue weighted by molar-refractivity contribution is 8.00. The fourth-order valence-corrected chi connectivity index (χ4v) is 2.58. The first-order valence-corrected chi connectivity index (χ1v) is 6.87. The normalized spacial score (nSPS) is 13.8. The van der Waals surface area contributed by atoms with Crippen molar-refractivity contribution in [2.24, 2.45) is 0 Å². The van der Waals surface area contributed by atoms with Gasteiger partial charge >= 0.3 is 0 Å². The summed E-state index contributed by atoms with van der Waals surface area (Å²) in [6, 6.07) is 5.73. The molecule has 1 aromatic carbocycles. The average molecular weight is 255 g/mol. The maximum absolute atomic E-state index is 13.9. The second-order valence-corrected chi connectivity index (χ2v) is 7.05. The highest BCUT2D eigenvalue weighted by Gasteiger charge is 2.16. The Bertz CT molecular complexity index is 371. The molecule has 0 fully saturated rings. The molecule has 0 aliphatic heterocycles. The Morgan fingerprint density at radius 1 is 1.35 bits per heavy atom. The van der Waals surface area contributed by atoms with Gasteiger partial charge in [0.2, 0.25) is 0 Å². The quantitative estimate of drug-likeness (QED) is 0.801. The van der Waals surface area contributed by atoms with Crippen LogP contribution in [0.15, 0.2) is 23.1 Å². The maximum atomic E-state index is 13.9. The molecule has 17 heavy (non-hydrogen) atoms. The number of rotatable bonds is 4. The van der Waals surface area contributed by atoms with E-state index in [4.69, 9.17) is 0 Å². The van der Waals surface area contributed by atoms with E-state index in [1.807, 2.05) is 12.1 Å². The van der Waals surface area contributed by atoms with E-state index < -0.39 is 0 Å². The van der Waals surface area contributed by atoms with Crippen LogP contribution in [0.25, 0.3) is 0 Å². The second-order valence-electron chi connectivity index (χ2n) is 5.18. The van der Waals surface area contributed by atoms with Gasteiger partial charge in [0.1, 0.15) is 5.82 Å². The molecule has 0 saturated carbocycles. The van der Waals surface area contributed by atoms with Gasteiger partial charge < -0.3 is 5.32 Å². The van der Waals surface area contributed by atoms with Gasteiger partial charge in [-0.05, 0) is 31.2 Å². The summed E-state index contributed by atoms with van der Waals surface area (Å²) >= 11 is 1.57. The minimum atomic E-state index is -0.118. The zero-order valence-corrected chi connectivity index (χ0v) is 12.1. The number of hydrogen-bond acceptors (Lipinski definition) is 2. The van der Waals surface area contributed by atoms with Crippen LogP contribution in [0.2, 0.25) is 0 Å². The largest absolute Gasteiger partial charge is 0.310 e. The van der Waals surface area contributed by atoms with E-state index in [9.17, 15) is 4.39 Å². The molecule has 1 nitrogen and oxygen atoms in total. The van der Waals surface area contributed by atoms with Gasteiger partial charge in [-0.15, -0.1) is 11.8 Å². The lowest BCUT2D eigenvalue weighted by atomic mass is 10.1. The molecular formula is C14H22FNS. The smallest absolute Gasteiger partial charge is 0.137 e. The SMILES string of the molecule is CCNC(C)c1ccc(SC(C)(C)C)c(F)c1. The van der Waals surface area contributed by atoms with Gasteiger partial charge in [0.15, 0.2) is 0 Å². The van der Waals surface area contributed by atoms with E-state index in [2.05, 4.69) is 39.9 Å². The highest BCUT2D eigenvalue weighted by Crippen LogP contribution is 2.34. The van der Waals surface area contributed by atoms with Gasteiger partial charge in [0, 0.05) is 15.7 Å². The molecule has 0 aliphatic rings. The number of nitrogens with one attached hydrogen (secondary N) is 1. The molecule has 0 radical (unpaired) electrons. The van der Waals surface area contributed by atoms with Crippen LogP contribution in [-0.2, 0) is 0 Å². The predicted molar refractivity (Wildman–Crippen MR) is 74.1 cm³/mol. The summed E-state index contributed by atoms with van der Waals surface area (Å²) in [5.74, 6) is -0.118. The third-order valence-electron chi connectivity index (χ3n) is 2.38. The molecule has 1 atom stereocenters. The topological polar surface area (TPSA) is 12.0 Å². The zero-order chi connectivity index (χ0) is 13.1. The van der Waals surface area contributed by atoms with Crippen LogP contribution in [0.5, 0.6) is 0 Å². The van der Waals surface area contributed by atoms with Crippen molar-refractivity contribution in [2.75, 3.05) is 6.54 Å². The first-order valence-electron chi connectivity index (χ1n) is 6.05. The molecule has 0 amide bonds. The lowest BCUT2D eigenvalue weighted by Gasteiger charge is -2.19. The van der Waals surface area contributed by atoms with Crippen molar-refractivity contribution in [2.45, 2.75) is 50.3 Å². The number of thioether (sulfide) groups is 1. The third kappa shape index (κ3) is 4.68. The molecule has 1 unspecified atom stereocenters. The fraction of sp³-hybridized carbons (Fsp3) is 0.571. The molecule has 1 N–H and O–H groups in total. The molecule has 96 valence electrons. The Morgan fingerprint density at radius 2 is 2.00 bits per heavy atom. The Labute approximate surface area is 108 Å². The molecule has 0 saturated heterocycles. The van der Waals surface area contributed by atoms with E-state index in [1.165, 1.54) is 0 Å². The first-order chi connectivity index (χ1) is 7.83. The van der Waals surface area contributed by atoms with Crippen molar-refractivity contribution in [3.8, 4) is 0 Å². The zero-order valence-electron chi connectivity index (χ0n) is 11.3. The first kappa shape index (κ1) is 14.5. The van der Waals surface area contributed by atoms with Crippen LogP contribution in [-0.4, -0.2) is 11.3 Å². The molecule has 1 rings (SSSR count). The maximum Gasteiger partial charge on any atom is 0.137 e. The minimum absolute atomic E-state index is 0.0373. The number of benzene rings is 1. The van der Waals surface area contributed by atoms with E-state index >= 15 is 0 Å². The summed E-state index contributed by atoms with van der Waals surface area (Å²) in [5, 5.41) is 3.28. The second kappa shape index (κ2) is 5.87. The van der Waals surface area contributed by atoms with Crippen LogP contribution >= 0.6 is 11.8 Å². The Hall–Kier alpha value is -0.540. The minimum Gasteiger partial charge on any atom is -0.310 e. The van der Waals surface area contributed by atoms with Gasteiger partial charge in [0.05, 0.1) is 0 Å². The standard InChI is InChI=1S/C14H22FNS/c1-6-16-10(2)11-7-8-13(12(15)9-11)17-14(3,4)5/h7-10,16H,6H2,1-5H3. The van der Waals surface area contributed by atoms with Crippen molar-refractivity contribution >= 4 is 11.8 Å². The lowest BCUT2D eigenvalue weighted by molar-refractivity contribution is 0.571. The van der Waals surface area contributed by atoms with Crippen molar-refractivity contribution in [1.82, 2.24) is 5.32 Å². The summed E-state index contributed by atoms with van der Waals surface area (Å²) in [7, 11) is 0. The molecule has 3 heteroatoms. The van der Waals surface area contributed by atoms with Crippen LogP contribution in [0.1, 0.15) is 46.2 Å². The molecule has 0 bridgehead atoms.